The van der Waals surface area contributed by atoms with E-state index >= 15 is 0 Å². The lowest BCUT2D eigenvalue weighted by atomic mass is 9.64. The maximum atomic E-state index is 12.7. The van der Waals surface area contributed by atoms with Gasteiger partial charge in [-0.15, -0.1) is 0 Å². The smallest absolute Gasteiger partial charge is 0.220 e. The molecule has 2 aliphatic rings. The summed E-state index contributed by atoms with van der Waals surface area (Å²) in [5.41, 5.74) is 4.97. The molecule has 1 aliphatic carbocycles. The molecule has 3 aromatic carbocycles. The molecule has 0 fully saturated rings. The van der Waals surface area contributed by atoms with Crippen LogP contribution in [0, 0.1) is 5.92 Å². The molecule has 1 heterocycles. The molecule has 194 valence electrons. The maximum Gasteiger partial charge on any atom is 0.220 e. The molecule has 5 rings (SSSR count). The summed E-state index contributed by atoms with van der Waals surface area (Å²) in [6, 6.07) is 20.9. The highest BCUT2D eigenvalue weighted by molar-refractivity contribution is 5.74. The van der Waals surface area contributed by atoms with Crippen molar-refractivity contribution in [1.82, 2.24) is 5.32 Å². The van der Waals surface area contributed by atoms with Gasteiger partial charge < -0.3 is 15.2 Å². The van der Waals surface area contributed by atoms with E-state index in [1.807, 2.05) is 18.2 Å². The summed E-state index contributed by atoms with van der Waals surface area (Å²) in [5.74, 6) is 1.01. The van der Waals surface area contributed by atoms with Gasteiger partial charge in [0.15, 0.2) is 0 Å². The molecular formula is C33H39NO3. The van der Waals surface area contributed by atoms with Crippen molar-refractivity contribution in [3.8, 4) is 11.5 Å². The van der Waals surface area contributed by atoms with E-state index in [0.717, 1.165) is 46.4 Å². The molecule has 1 aliphatic heterocycles. The van der Waals surface area contributed by atoms with Crippen molar-refractivity contribution in [1.29, 1.82) is 0 Å². The van der Waals surface area contributed by atoms with Crippen molar-refractivity contribution in [3.63, 3.8) is 0 Å². The van der Waals surface area contributed by atoms with E-state index in [1.54, 1.807) is 6.92 Å². The van der Waals surface area contributed by atoms with Crippen LogP contribution in [-0.4, -0.2) is 11.0 Å². The molecule has 0 spiro atoms. The molecule has 3 atom stereocenters. The van der Waals surface area contributed by atoms with Gasteiger partial charge in [-0.05, 0) is 52.0 Å². The largest absolute Gasteiger partial charge is 0.507 e. The van der Waals surface area contributed by atoms with E-state index in [-0.39, 0.29) is 28.6 Å². The van der Waals surface area contributed by atoms with Gasteiger partial charge in [-0.2, -0.15) is 0 Å². The molecule has 0 saturated heterocycles. The molecule has 0 radical (unpaired) electrons. The van der Waals surface area contributed by atoms with Gasteiger partial charge in [0.25, 0.3) is 0 Å². The zero-order valence-corrected chi connectivity index (χ0v) is 23.1. The Morgan fingerprint density at radius 2 is 1.54 bits per heavy atom. The third kappa shape index (κ3) is 4.21. The van der Waals surface area contributed by atoms with Gasteiger partial charge in [-0.1, -0.05) is 96.1 Å². The van der Waals surface area contributed by atoms with Gasteiger partial charge in [0.2, 0.25) is 11.6 Å². The number of phenols is 1. The number of para-hydroxylation sites is 1. The summed E-state index contributed by atoms with van der Waals surface area (Å²) in [4.78, 5) is 12.7. The Bertz CT molecular complexity index is 1330. The number of amides is 1. The second kappa shape index (κ2) is 8.65. The van der Waals surface area contributed by atoms with Gasteiger partial charge in [0.1, 0.15) is 11.5 Å². The standard InChI is InChI=1S/C33H39NO3/c1-20(35)34-33-24-14-10-8-12-21(24)16-17-25(33)29(23-13-9-11-15-28(23)37-33)22-18-26(31(2,3)4)30(36)27(19-22)32(5,6)7/h8-15,18-19,25,29,36H,16-17H2,1-7H3,(H,34,35)/t25-,29+,33-/m1/s1. The van der Waals surface area contributed by atoms with Crippen LogP contribution in [-0.2, 0) is 27.8 Å². The number of fused-ring (bicyclic) bond motifs is 4. The first-order valence-electron chi connectivity index (χ1n) is 13.4. The van der Waals surface area contributed by atoms with Crippen molar-refractivity contribution in [2.45, 2.75) is 83.8 Å². The van der Waals surface area contributed by atoms with E-state index in [0.29, 0.717) is 5.75 Å². The lowest BCUT2D eigenvalue weighted by Gasteiger charge is -2.52. The number of nitrogens with one attached hydrogen (secondary N) is 1. The Hall–Kier alpha value is -3.27. The second-order valence-electron chi connectivity index (χ2n) is 12.8. The van der Waals surface area contributed by atoms with Gasteiger partial charge in [-0.25, -0.2) is 0 Å². The highest BCUT2D eigenvalue weighted by Gasteiger charge is 2.55. The van der Waals surface area contributed by atoms with Crippen LogP contribution in [0.1, 0.15) is 94.2 Å². The number of hydrogen-bond donors (Lipinski definition) is 2. The lowest BCUT2D eigenvalue weighted by Crippen LogP contribution is -2.60. The van der Waals surface area contributed by atoms with Crippen LogP contribution < -0.4 is 10.1 Å². The number of rotatable bonds is 2. The summed E-state index contributed by atoms with van der Waals surface area (Å²) >= 11 is 0. The van der Waals surface area contributed by atoms with E-state index < -0.39 is 5.72 Å². The first kappa shape index (κ1) is 25.4. The van der Waals surface area contributed by atoms with Crippen molar-refractivity contribution in [2.24, 2.45) is 5.92 Å². The third-order valence-electron chi connectivity index (χ3n) is 8.06. The first-order valence-corrected chi connectivity index (χ1v) is 13.4. The van der Waals surface area contributed by atoms with Crippen LogP contribution in [0.2, 0.25) is 0 Å². The number of hydrogen-bond acceptors (Lipinski definition) is 3. The highest BCUT2D eigenvalue weighted by atomic mass is 16.5. The monoisotopic (exact) mass is 497 g/mol. The Morgan fingerprint density at radius 1 is 0.946 bits per heavy atom. The van der Waals surface area contributed by atoms with E-state index in [2.05, 4.69) is 89.3 Å². The van der Waals surface area contributed by atoms with Gasteiger partial charge in [0.05, 0.1) is 0 Å². The fraction of sp³-hybridized carbons (Fsp3) is 0.424. The van der Waals surface area contributed by atoms with Crippen molar-refractivity contribution >= 4 is 5.91 Å². The first-order chi connectivity index (χ1) is 17.3. The summed E-state index contributed by atoms with van der Waals surface area (Å²) in [5, 5.41) is 14.7. The molecule has 0 aromatic heterocycles. The number of aryl methyl sites for hydroxylation is 1. The lowest BCUT2D eigenvalue weighted by molar-refractivity contribution is -0.132. The predicted molar refractivity (Wildman–Crippen MR) is 148 cm³/mol. The number of aromatic hydroxyl groups is 1. The number of ether oxygens (including phenoxy) is 1. The Morgan fingerprint density at radius 3 is 2.16 bits per heavy atom. The van der Waals surface area contributed by atoms with Crippen molar-refractivity contribution in [3.05, 3.63) is 94.0 Å². The summed E-state index contributed by atoms with van der Waals surface area (Å²) in [6.07, 6.45) is 1.79. The summed E-state index contributed by atoms with van der Waals surface area (Å²) in [7, 11) is 0. The maximum absolute atomic E-state index is 12.7. The van der Waals surface area contributed by atoms with Crippen LogP contribution in [0.25, 0.3) is 0 Å². The van der Waals surface area contributed by atoms with E-state index in [9.17, 15) is 9.90 Å². The summed E-state index contributed by atoms with van der Waals surface area (Å²) < 4.78 is 6.85. The molecule has 0 unspecified atom stereocenters. The molecule has 4 heteroatoms. The Balaban J connectivity index is 1.82. The van der Waals surface area contributed by atoms with Crippen LogP contribution in [0.5, 0.6) is 11.5 Å². The van der Waals surface area contributed by atoms with Crippen LogP contribution in [0.4, 0.5) is 0 Å². The van der Waals surface area contributed by atoms with Gasteiger partial charge >= 0.3 is 0 Å². The minimum absolute atomic E-state index is 0.0204. The fourth-order valence-corrected chi connectivity index (χ4v) is 6.41. The SMILES string of the molecule is CC(=O)N[C@]12Oc3ccccc3[C@H](c3cc(C(C)(C)C)c(O)c(C(C)(C)C)c3)[C@H]1CCc1ccccc12. The molecule has 4 nitrogen and oxygen atoms in total. The number of benzene rings is 3. The number of carbonyl (C=O) groups excluding carboxylic acids is 1. The fourth-order valence-electron chi connectivity index (χ4n) is 6.41. The zero-order chi connectivity index (χ0) is 26.8. The average molecular weight is 498 g/mol. The topological polar surface area (TPSA) is 58.6 Å². The minimum Gasteiger partial charge on any atom is -0.507 e. The quantitative estimate of drug-likeness (QED) is 0.398. The molecule has 1 amide bonds. The molecule has 0 saturated carbocycles. The second-order valence-corrected chi connectivity index (χ2v) is 12.8. The third-order valence-corrected chi connectivity index (χ3v) is 8.06. The molecule has 3 aromatic rings. The Kier molecular flexibility index (Phi) is 5.93. The van der Waals surface area contributed by atoms with Crippen molar-refractivity contribution < 1.29 is 14.6 Å². The van der Waals surface area contributed by atoms with E-state index in [4.69, 9.17) is 4.74 Å². The molecule has 0 bridgehead atoms. The summed E-state index contributed by atoms with van der Waals surface area (Å²) in [6.45, 7) is 14.5. The van der Waals surface area contributed by atoms with Crippen LogP contribution >= 0.6 is 0 Å². The van der Waals surface area contributed by atoms with Crippen LogP contribution in [0.3, 0.4) is 0 Å². The molecule has 2 N–H and O–H groups in total. The number of phenolic OH excluding ortho intramolecular Hbond substituents is 1. The normalized spacial score (nSPS) is 22.8. The van der Waals surface area contributed by atoms with Gasteiger partial charge in [0, 0.05) is 29.9 Å². The van der Waals surface area contributed by atoms with Gasteiger partial charge in [-0.3, -0.25) is 4.79 Å². The molecular weight excluding hydrogens is 458 g/mol. The zero-order valence-electron chi connectivity index (χ0n) is 23.1. The molecule has 37 heavy (non-hydrogen) atoms. The average Bonchev–Trinajstić information content (AvgIpc) is 2.81. The number of carbonyl (C=O) groups is 1. The minimum atomic E-state index is -0.971. The highest BCUT2D eigenvalue weighted by Crippen LogP contribution is 2.56. The van der Waals surface area contributed by atoms with Crippen molar-refractivity contribution in [2.75, 3.05) is 0 Å². The predicted octanol–water partition coefficient (Wildman–Crippen LogP) is 7.06. The van der Waals surface area contributed by atoms with Crippen LogP contribution in [0.15, 0.2) is 60.7 Å². The Labute approximate surface area is 221 Å². The van der Waals surface area contributed by atoms with E-state index in [1.165, 1.54) is 5.56 Å².